The number of pyridine rings is 1. The van der Waals surface area contributed by atoms with Crippen LogP contribution in [0.1, 0.15) is 75.8 Å². The Bertz CT molecular complexity index is 1260. The number of carbonyl (C=O) groups excluding carboxylic acids is 2. The van der Waals surface area contributed by atoms with Gasteiger partial charge in [0.05, 0.1) is 12.5 Å². The second-order valence-corrected chi connectivity index (χ2v) is 11.1. The summed E-state index contributed by atoms with van der Waals surface area (Å²) in [7, 11) is 0. The molecule has 1 aliphatic rings. The van der Waals surface area contributed by atoms with Gasteiger partial charge in [-0.05, 0) is 54.0 Å². The molecule has 3 aromatic rings. The van der Waals surface area contributed by atoms with Crippen molar-refractivity contribution >= 4 is 23.6 Å². The van der Waals surface area contributed by atoms with E-state index in [0.717, 1.165) is 49.0 Å². The lowest BCUT2D eigenvalue weighted by atomic mass is 9.84. The van der Waals surface area contributed by atoms with Crippen LogP contribution < -0.4 is 16.0 Å². The van der Waals surface area contributed by atoms with E-state index in [1.54, 1.807) is 6.20 Å². The highest BCUT2D eigenvalue weighted by atomic mass is 16.4. The van der Waals surface area contributed by atoms with Crippen LogP contribution in [0.25, 0.3) is 11.1 Å². The smallest absolute Gasteiger partial charge is 0.305 e. The minimum Gasteiger partial charge on any atom is -0.481 e. The van der Waals surface area contributed by atoms with Crippen LogP contribution in [0.2, 0.25) is 0 Å². The van der Waals surface area contributed by atoms with E-state index in [4.69, 9.17) is 0 Å². The predicted molar refractivity (Wildman–Crippen MR) is 165 cm³/mol. The molecule has 2 amide bonds. The number of aliphatic carboxylic acids is 1. The maximum absolute atomic E-state index is 13.6. The lowest BCUT2D eigenvalue weighted by molar-refractivity contribution is -0.138. The summed E-state index contributed by atoms with van der Waals surface area (Å²) in [6, 6.07) is 21.8. The number of benzene rings is 2. The minimum absolute atomic E-state index is 0.161. The van der Waals surface area contributed by atoms with Crippen LogP contribution in [0.4, 0.5) is 5.82 Å². The summed E-state index contributed by atoms with van der Waals surface area (Å²) in [5.41, 5.74) is 2.79. The van der Waals surface area contributed by atoms with Crippen molar-refractivity contribution in [1.29, 1.82) is 0 Å². The first-order chi connectivity index (χ1) is 20.5. The number of carbonyl (C=O) groups is 3. The molecule has 0 aliphatic heterocycles. The molecule has 0 radical (unpaired) electrons. The zero-order valence-electron chi connectivity index (χ0n) is 24.1. The Morgan fingerprint density at radius 1 is 0.833 bits per heavy atom. The number of anilines is 1. The molecule has 0 bridgehead atoms. The molecule has 2 aromatic carbocycles. The first-order valence-electron chi connectivity index (χ1n) is 15.1. The second-order valence-electron chi connectivity index (χ2n) is 11.1. The number of carboxylic acids is 1. The first-order valence-corrected chi connectivity index (χ1v) is 15.1. The molecule has 222 valence electrons. The molecule has 8 nitrogen and oxygen atoms in total. The van der Waals surface area contributed by atoms with Gasteiger partial charge in [-0.25, -0.2) is 4.98 Å². The van der Waals surface area contributed by atoms with Crippen LogP contribution in [0, 0.1) is 5.92 Å². The fraction of sp³-hybridized carbons (Fsp3) is 0.412. The molecular weight excluding hydrogens is 528 g/mol. The fourth-order valence-corrected chi connectivity index (χ4v) is 5.59. The van der Waals surface area contributed by atoms with Crippen LogP contribution in [0.15, 0.2) is 79.0 Å². The van der Waals surface area contributed by atoms with Gasteiger partial charge in [0, 0.05) is 19.2 Å². The van der Waals surface area contributed by atoms with Gasteiger partial charge in [-0.1, -0.05) is 92.8 Å². The summed E-state index contributed by atoms with van der Waals surface area (Å²) in [6.45, 7) is 0.705. The molecule has 1 saturated carbocycles. The lowest BCUT2D eigenvalue weighted by Gasteiger charge is -2.28. The normalized spacial score (nSPS) is 14.9. The standard InChI is InChI=1S/C34H42N4O4/c39-32(16-8-10-22-36-31-15-7-9-21-35-31)37-30(23-25-11-3-1-4-12-25)34(42)38-29(24-33(40)41)28-19-17-27(18-20-28)26-13-5-2-6-14-26/h2,5-7,9,13-15,17-21,25,29-30H,1,3-4,8,10-12,16,22-24H2,(H,35,36)(H,37,39)(H,38,42)(H,40,41)/t29?,30-/m1/s1. The topological polar surface area (TPSA) is 120 Å². The van der Waals surface area contributed by atoms with E-state index in [2.05, 4.69) is 20.9 Å². The quantitative estimate of drug-likeness (QED) is 0.164. The average Bonchev–Trinajstić information content (AvgIpc) is 3.01. The van der Waals surface area contributed by atoms with E-state index in [1.165, 1.54) is 6.42 Å². The molecule has 4 N–H and O–H groups in total. The van der Waals surface area contributed by atoms with Gasteiger partial charge < -0.3 is 21.1 Å². The number of rotatable bonds is 15. The van der Waals surface area contributed by atoms with Crippen molar-refractivity contribution in [3.05, 3.63) is 84.6 Å². The number of hydrogen-bond donors (Lipinski definition) is 4. The van der Waals surface area contributed by atoms with Crippen molar-refractivity contribution in [1.82, 2.24) is 15.6 Å². The summed E-state index contributed by atoms with van der Waals surface area (Å²) in [6.07, 6.45) is 9.38. The van der Waals surface area contributed by atoms with Crippen LogP contribution in [-0.2, 0) is 14.4 Å². The first kappa shape index (κ1) is 30.8. The number of nitrogens with one attached hydrogen (secondary N) is 3. The summed E-state index contributed by atoms with van der Waals surface area (Å²) in [5, 5.41) is 18.8. The zero-order valence-corrected chi connectivity index (χ0v) is 24.1. The lowest BCUT2D eigenvalue weighted by Crippen LogP contribution is -2.49. The largest absolute Gasteiger partial charge is 0.481 e. The van der Waals surface area contributed by atoms with E-state index in [-0.39, 0.29) is 18.2 Å². The Balaban J connectivity index is 1.37. The molecule has 8 heteroatoms. The summed E-state index contributed by atoms with van der Waals surface area (Å²) in [4.78, 5) is 42.5. The Morgan fingerprint density at radius 2 is 1.55 bits per heavy atom. The van der Waals surface area contributed by atoms with Crippen molar-refractivity contribution in [2.45, 2.75) is 76.3 Å². The maximum Gasteiger partial charge on any atom is 0.305 e. The third-order valence-electron chi connectivity index (χ3n) is 7.86. The molecule has 0 saturated heterocycles. The molecule has 4 rings (SSSR count). The summed E-state index contributed by atoms with van der Waals surface area (Å²) < 4.78 is 0. The number of unbranched alkanes of at least 4 members (excludes halogenated alkanes) is 1. The van der Waals surface area contributed by atoms with Gasteiger partial charge in [0.25, 0.3) is 0 Å². The van der Waals surface area contributed by atoms with E-state index in [1.807, 2.05) is 72.8 Å². The van der Waals surface area contributed by atoms with Crippen molar-refractivity contribution < 1.29 is 19.5 Å². The Kier molecular flexibility index (Phi) is 11.9. The minimum atomic E-state index is -1.00. The second kappa shape index (κ2) is 16.3. The number of nitrogens with zero attached hydrogens (tertiary/aromatic N) is 1. The number of aromatic nitrogens is 1. The van der Waals surface area contributed by atoms with Crippen LogP contribution in [-0.4, -0.2) is 40.5 Å². The van der Waals surface area contributed by atoms with Crippen LogP contribution in [0.3, 0.4) is 0 Å². The Hall–Kier alpha value is -4.20. The van der Waals surface area contributed by atoms with Gasteiger partial charge in [0.15, 0.2) is 0 Å². The molecule has 1 unspecified atom stereocenters. The van der Waals surface area contributed by atoms with Crippen molar-refractivity contribution in [3.63, 3.8) is 0 Å². The molecule has 2 atom stereocenters. The van der Waals surface area contributed by atoms with Crippen molar-refractivity contribution in [2.75, 3.05) is 11.9 Å². The maximum atomic E-state index is 13.6. The van der Waals surface area contributed by atoms with E-state index >= 15 is 0 Å². The zero-order chi connectivity index (χ0) is 29.6. The van der Waals surface area contributed by atoms with Crippen LogP contribution in [0.5, 0.6) is 0 Å². The van der Waals surface area contributed by atoms with Gasteiger partial charge in [0.2, 0.25) is 11.8 Å². The molecule has 1 aliphatic carbocycles. The molecule has 1 heterocycles. The molecule has 1 aromatic heterocycles. The highest BCUT2D eigenvalue weighted by Gasteiger charge is 2.28. The highest BCUT2D eigenvalue weighted by molar-refractivity contribution is 5.88. The van der Waals surface area contributed by atoms with Crippen LogP contribution >= 0.6 is 0 Å². The molecule has 1 fully saturated rings. The van der Waals surface area contributed by atoms with E-state index in [0.29, 0.717) is 37.3 Å². The van der Waals surface area contributed by atoms with Crippen molar-refractivity contribution in [2.24, 2.45) is 5.92 Å². The fourth-order valence-electron chi connectivity index (χ4n) is 5.59. The average molecular weight is 571 g/mol. The number of carboxylic acid groups (broad SMARTS) is 1. The Morgan fingerprint density at radius 3 is 2.24 bits per heavy atom. The molecule has 0 spiro atoms. The number of hydrogen-bond acceptors (Lipinski definition) is 5. The molecular formula is C34H42N4O4. The SMILES string of the molecule is O=C(O)CC(NC(=O)[C@@H](CC1CCCCC1)NC(=O)CCCCNc1ccccn1)c1ccc(-c2ccccc2)cc1. The predicted octanol–water partition coefficient (Wildman–Crippen LogP) is 6.12. The van der Waals surface area contributed by atoms with Gasteiger partial charge in [-0.15, -0.1) is 0 Å². The number of amides is 2. The summed E-state index contributed by atoms with van der Waals surface area (Å²) >= 11 is 0. The van der Waals surface area contributed by atoms with Gasteiger partial charge in [-0.2, -0.15) is 0 Å². The van der Waals surface area contributed by atoms with E-state index < -0.39 is 18.1 Å². The Labute approximate surface area is 248 Å². The monoisotopic (exact) mass is 570 g/mol. The van der Waals surface area contributed by atoms with Gasteiger partial charge in [0.1, 0.15) is 11.9 Å². The molecule has 42 heavy (non-hydrogen) atoms. The third-order valence-corrected chi connectivity index (χ3v) is 7.86. The summed E-state index contributed by atoms with van der Waals surface area (Å²) in [5.74, 6) is -0.327. The third kappa shape index (κ3) is 10.0. The van der Waals surface area contributed by atoms with Gasteiger partial charge in [-0.3, -0.25) is 14.4 Å². The van der Waals surface area contributed by atoms with E-state index in [9.17, 15) is 19.5 Å². The van der Waals surface area contributed by atoms with Crippen molar-refractivity contribution in [3.8, 4) is 11.1 Å². The van der Waals surface area contributed by atoms with Gasteiger partial charge >= 0.3 is 5.97 Å². The highest BCUT2D eigenvalue weighted by Crippen LogP contribution is 2.28.